The predicted octanol–water partition coefficient (Wildman–Crippen LogP) is 1.19. The molecule has 0 aromatic carbocycles. The first-order chi connectivity index (χ1) is 5.25. The van der Waals surface area contributed by atoms with Crippen molar-refractivity contribution in [3.63, 3.8) is 0 Å². The molecule has 11 heavy (non-hydrogen) atoms. The van der Waals surface area contributed by atoms with Gasteiger partial charge >= 0.3 is 0 Å². The molecule has 0 aliphatic carbocycles. The first-order valence-corrected chi connectivity index (χ1v) is 4.16. The molecule has 1 heterocycles. The lowest BCUT2D eigenvalue weighted by Gasteiger charge is -2.21. The molecule has 0 amide bonds. The van der Waals surface area contributed by atoms with Gasteiger partial charge in [-0.3, -0.25) is 0 Å². The molecule has 1 N–H and O–H groups in total. The first-order valence-electron chi connectivity index (χ1n) is 4.16. The maximum absolute atomic E-state index is 5.31. The van der Waals surface area contributed by atoms with E-state index >= 15 is 0 Å². The molecule has 2 unspecified atom stereocenters. The third kappa shape index (κ3) is 2.04. The fraction of sp³-hybridized carbons (Fsp3) is 0.778. The summed E-state index contributed by atoms with van der Waals surface area (Å²) in [6.07, 6.45) is 1.17. The smallest absolute Gasteiger partial charge is 0.0513 e. The summed E-state index contributed by atoms with van der Waals surface area (Å²) in [5, 5.41) is 3.26. The highest BCUT2D eigenvalue weighted by Gasteiger charge is 2.24. The summed E-state index contributed by atoms with van der Waals surface area (Å²) in [6.45, 7) is 7.82. The average molecular weight is 155 g/mol. The third-order valence-electron chi connectivity index (χ3n) is 2.28. The molecule has 2 nitrogen and oxygen atoms in total. The zero-order valence-electron chi connectivity index (χ0n) is 7.39. The van der Waals surface area contributed by atoms with E-state index in [9.17, 15) is 0 Å². The van der Waals surface area contributed by atoms with E-state index in [4.69, 9.17) is 4.74 Å². The zero-order chi connectivity index (χ0) is 8.27. The molecule has 2 heteroatoms. The Labute approximate surface area is 68.6 Å². The van der Waals surface area contributed by atoms with Gasteiger partial charge in [-0.15, -0.1) is 0 Å². The van der Waals surface area contributed by atoms with Crippen molar-refractivity contribution in [1.82, 2.24) is 5.32 Å². The van der Waals surface area contributed by atoms with E-state index in [1.54, 1.807) is 0 Å². The number of hydrogen-bond acceptors (Lipinski definition) is 2. The molecule has 1 fully saturated rings. The van der Waals surface area contributed by atoms with Crippen LogP contribution in [0.2, 0.25) is 0 Å². The molecule has 0 radical (unpaired) electrons. The van der Waals surface area contributed by atoms with Gasteiger partial charge in [0.15, 0.2) is 0 Å². The van der Waals surface area contributed by atoms with E-state index in [0.29, 0.717) is 12.0 Å². The number of hydrogen-bond donors (Lipinski definition) is 1. The Balaban J connectivity index is 2.46. The van der Waals surface area contributed by atoms with E-state index in [1.807, 2.05) is 7.05 Å². The fourth-order valence-corrected chi connectivity index (χ4v) is 1.70. The van der Waals surface area contributed by atoms with Crippen LogP contribution < -0.4 is 5.32 Å². The van der Waals surface area contributed by atoms with Crippen molar-refractivity contribution in [2.75, 3.05) is 20.3 Å². The van der Waals surface area contributed by atoms with E-state index in [2.05, 4.69) is 18.8 Å². The highest BCUT2D eigenvalue weighted by atomic mass is 16.5. The van der Waals surface area contributed by atoms with Crippen molar-refractivity contribution in [3.05, 3.63) is 12.2 Å². The average Bonchev–Trinajstić information content (AvgIpc) is 2.40. The first kappa shape index (κ1) is 8.75. The summed E-state index contributed by atoms with van der Waals surface area (Å²) in [4.78, 5) is 0. The normalized spacial score (nSPS) is 26.9. The Hall–Kier alpha value is -0.340. The van der Waals surface area contributed by atoms with Crippen LogP contribution in [0.15, 0.2) is 12.2 Å². The van der Waals surface area contributed by atoms with Crippen molar-refractivity contribution in [2.24, 2.45) is 5.92 Å². The van der Waals surface area contributed by atoms with Gasteiger partial charge in [0.05, 0.1) is 6.61 Å². The van der Waals surface area contributed by atoms with Gasteiger partial charge in [0.1, 0.15) is 0 Å². The van der Waals surface area contributed by atoms with Gasteiger partial charge in [-0.2, -0.15) is 0 Å². The Morgan fingerprint density at radius 3 is 2.82 bits per heavy atom. The van der Waals surface area contributed by atoms with Crippen LogP contribution in [0, 0.1) is 5.92 Å². The molecule has 1 aliphatic rings. The van der Waals surface area contributed by atoms with Crippen LogP contribution in [0.25, 0.3) is 0 Å². The minimum Gasteiger partial charge on any atom is -0.381 e. The Bertz CT molecular complexity index is 138. The zero-order valence-corrected chi connectivity index (χ0v) is 7.39. The minimum absolute atomic E-state index is 0.442. The van der Waals surface area contributed by atoms with Gasteiger partial charge in [0, 0.05) is 18.6 Å². The summed E-state index contributed by atoms with van der Waals surface area (Å²) >= 11 is 0. The molecule has 1 saturated heterocycles. The van der Waals surface area contributed by atoms with Crippen molar-refractivity contribution >= 4 is 0 Å². The van der Waals surface area contributed by atoms with Crippen molar-refractivity contribution in [3.8, 4) is 0 Å². The minimum atomic E-state index is 0.442. The van der Waals surface area contributed by atoms with E-state index in [1.165, 1.54) is 12.0 Å². The van der Waals surface area contributed by atoms with Crippen LogP contribution in [-0.4, -0.2) is 26.3 Å². The Morgan fingerprint density at radius 1 is 1.73 bits per heavy atom. The summed E-state index contributed by atoms with van der Waals surface area (Å²) in [6, 6.07) is 0.442. The highest BCUT2D eigenvalue weighted by Crippen LogP contribution is 2.20. The fourth-order valence-electron chi connectivity index (χ4n) is 1.70. The largest absolute Gasteiger partial charge is 0.381 e. The predicted molar refractivity (Wildman–Crippen MR) is 46.6 cm³/mol. The molecule has 0 aromatic heterocycles. The third-order valence-corrected chi connectivity index (χ3v) is 2.28. The summed E-state index contributed by atoms with van der Waals surface area (Å²) in [7, 11) is 1.98. The second-order valence-corrected chi connectivity index (χ2v) is 3.24. The van der Waals surface area contributed by atoms with Crippen LogP contribution in [0.4, 0.5) is 0 Å². The monoisotopic (exact) mass is 155 g/mol. The molecular weight excluding hydrogens is 138 g/mol. The second kappa shape index (κ2) is 3.88. The summed E-state index contributed by atoms with van der Waals surface area (Å²) in [5.41, 5.74) is 1.21. The number of nitrogens with one attached hydrogen (secondary N) is 1. The van der Waals surface area contributed by atoms with Crippen LogP contribution >= 0.6 is 0 Å². The topological polar surface area (TPSA) is 21.3 Å². The number of rotatable bonds is 3. The van der Waals surface area contributed by atoms with Gasteiger partial charge in [-0.25, -0.2) is 0 Å². The van der Waals surface area contributed by atoms with Gasteiger partial charge < -0.3 is 10.1 Å². The summed E-state index contributed by atoms with van der Waals surface area (Å²) < 4.78 is 5.31. The standard InChI is InChI=1S/C9H17NO/c1-7(2)9(10-3)8-4-5-11-6-8/h8-10H,1,4-6H2,2-3H3. The maximum Gasteiger partial charge on any atom is 0.0513 e. The van der Waals surface area contributed by atoms with Crippen LogP contribution in [0.1, 0.15) is 13.3 Å². The molecule has 0 aromatic rings. The molecule has 0 spiro atoms. The lowest BCUT2D eigenvalue weighted by Crippen LogP contribution is -2.34. The number of ether oxygens (including phenoxy) is 1. The van der Waals surface area contributed by atoms with E-state index in [0.717, 1.165) is 13.2 Å². The molecule has 0 bridgehead atoms. The van der Waals surface area contributed by atoms with Gasteiger partial charge in [-0.1, -0.05) is 12.2 Å². The SMILES string of the molecule is C=C(C)C(NC)C1CCOC1. The second-order valence-electron chi connectivity index (χ2n) is 3.24. The quantitative estimate of drug-likeness (QED) is 0.618. The van der Waals surface area contributed by atoms with E-state index in [-0.39, 0.29) is 0 Å². The van der Waals surface area contributed by atoms with Crippen LogP contribution in [0.5, 0.6) is 0 Å². The molecule has 64 valence electrons. The molecule has 2 atom stereocenters. The van der Waals surface area contributed by atoms with Gasteiger partial charge in [-0.05, 0) is 20.4 Å². The lowest BCUT2D eigenvalue weighted by molar-refractivity contribution is 0.180. The van der Waals surface area contributed by atoms with Crippen LogP contribution in [0.3, 0.4) is 0 Å². The molecule has 1 rings (SSSR count). The number of likely N-dealkylation sites (N-methyl/N-ethyl adjacent to an activating group) is 1. The van der Waals surface area contributed by atoms with Crippen LogP contribution in [-0.2, 0) is 4.74 Å². The highest BCUT2D eigenvalue weighted by molar-refractivity contribution is 5.04. The summed E-state index contributed by atoms with van der Waals surface area (Å²) in [5.74, 6) is 0.637. The molecular formula is C9H17NO. The van der Waals surface area contributed by atoms with Crippen molar-refractivity contribution in [1.29, 1.82) is 0 Å². The van der Waals surface area contributed by atoms with Crippen molar-refractivity contribution < 1.29 is 4.74 Å². The molecule has 1 aliphatic heterocycles. The Morgan fingerprint density at radius 2 is 2.45 bits per heavy atom. The molecule has 0 saturated carbocycles. The Kier molecular flexibility index (Phi) is 3.09. The maximum atomic E-state index is 5.31. The van der Waals surface area contributed by atoms with Crippen molar-refractivity contribution in [2.45, 2.75) is 19.4 Å². The van der Waals surface area contributed by atoms with Gasteiger partial charge in [0.25, 0.3) is 0 Å². The van der Waals surface area contributed by atoms with E-state index < -0.39 is 0 Å². The lowest BCUT2D eigenvalue weighted by atomic mass is 9.94. The van der Waals surface area contributed by atoms with Gasteiger partial charge in [0.2, 0.25) is 0 Å².